The van der Waals surface area contributed by atoms with Gasteiger partial charge >= 0.3 is 0 Å². The molecule has 28 heavy (non-hydrogen) atoms. The van der Waals surface area contributed by atoms with Gasteiger partial charge in [-0.2, -0.15) is 0 Å². The molecule has 4 nitrogen and oxygen atoms in total. The third-order valence-corrected chi connectivity index (χ3v) is 6.10. The molecule has 4 rings (SSSR count). The van der Waals surface area contributed by atoms with Gasteiger partial charge in [0.15, 0.2) is 0 Å². The van der Waals surface area contributed by atoms with Crippen molar-refractivity contribution in [3.05, 3.63) is 64.4 Å². The zero-order valence-corrected chi connectivity index (χ0v) is 16.6. The Morgan fingerprint density at radius 3 is 2.64 bits per heavy atom. The first-order chi connectivity index (χ1) is 13.6. The zero-order chi connectivity index (χ0) is 19.5. The summed E-state index contributed by atoms with van der Waals surface area (Å²) in [6.07, 6.45) is 2.13. The van der Waals surface area contributed by atoms with E-state index in [-0.39, 0.29) is 24.6 Å². The van der Waals surface area contributed by atoms with Crippen LogP contribution in [0, 0.1) is 5.82 Å². The fourth-order valence-electron chi connectivity index (χ4n) is 4.24. The van der Waals surface area contributed by atoms with E-state index < -0.39 is 0 Å². The molecule has 0 radical (unpaired) electrons. The monoisotopic (exact) mass is 404 g/mol. The molecule has 150 valence electrons. The minimum absolute atomic E-state index is 0.0849. The van der Waals surface area contributed by atoms with Gasteiger partial charge in [-0.1, -0.05) is 35.9 Å². The van der Waals surface area contributed by atoms with Crippen LogP contribution in [0.15, 0.2) is 42.5 Å². The third-order valence-electron chi connectivity index (χ3n) is 5.74. The quantitative estimate of drug-likeness (QED) is 0.796. The van der Waals surface area contributed by atoms with E-state index in [0.29, 0.717) is 23.7 Å². The molecule has 1 N–H and O–H groups in total. The number of benzene rings is 2. The Balaban J connectivity index is 1.42. The predicted molar refractivity (Wildman–Crippen MR) is 108 cm³/mol. The van der Waals surface area contributed by atoms with Crippen molar-refractivity contribution in [3.8, 4) is 5.75 Å². The van der Waals surface area contributed by atoms with Crippen molar-refractivity contribution in [1.29, 1.82) is 0 Å². The number of para-hydroxylation sites is 1. The lowest BCUT2D eigenvalue weighted by Crippen LogP contribution is -2.41. The number of nitrogens with zero attached hydrogens (tertiary/aromatic N) is 2. The number of rotatable bonds is 6. The Kier molecular flexibility index (Phi) is 6.16. The molecule has 0 bridgehead atoms. The Bertz CT molecular complexity index is 793. The molecule has 2 aliphatic heterocycles. The highest BCUT2D eigenvalue weighted by Gasteiger charge is 2.36. The highest BCUT2D eigenvalue weighted by molar-refractivity contribution is 6.31. The number of halogens is 2. The van der Waals surface area contributed by atoms with Gasteiger partial charge in [0.25, 0.3) is 0 Å². The molecule has 2 aromatic rings. The number of hydrogen-bond donors (Lipinski definition) is 1. The van der Waals surface area contributed by atoms with Crippen LogP contribution in [-0.4, -0.2) is 53.2 Å². The normalized spacial score (nSPS) is 23.4. The SMILES string of the molecule is O[C@H]1CN(Cc2ccccc2OCc2c(F)cccc2Cl)C[C@@H]1N1CCCC1. The van der Waals surface area contributed by atoms with E-state index in [1.165, 1.54) is 18.9 Å². The summed E-state index contributed by atoms with van der Waals surface area (Å²) in [6, 6.07) is 12.7. The van der Waals surface area contributed by atoms with Crippen molar-refractivity contribution in [3.63, 3.8) is 0 Å². The van der Waals surface area contributed by atoms with E-state index in [2.05, 4.69) is 9.80 Å². The molecule has 0 aromatic heterocycles. The molecule has 2 aliphatic rings. The fraction of sp³-hybridized carbons (Fsp3) is 0.455. The number of β-amino-alcohol motifs (C(OH)–C–C–N with tert-alkyl or cyclic N) is 1. The topological polar surface area (TPSA) is 35.9 Å². The summed E-state index contributed by atoms with van der Waals surface area (Å²) in [5.41, 5.74) is 1.40. The average molecular weight is 405 g/mol. The van der Waals surface area contributed by atoms with Crippen molar-refractivity contribution >= 4 is 11.6 Å². The van der Waals surface area contributed by atoms with Gasteiger partial charge in [0.1, 0.15) is 18.2 Å². The van der Waals surface area contributed by atoms with Crippen LogP contribution in [-0.2, 0) is 13.2 Å². The Labute approximate surface area is 170 Å². The van der Waals surface area contributed by atoms with Gasteiger partial charge in [-0.05, 0) is 44.1 Å². The minimum atomic E-state index is -0.360. The smallest absolute Gasteiger partial charge is 0.131 e. The van der Waals surface area contributed by atoms with Crippen molar-refractivity contribution in [2.75, 3.05) is 26.2 Å². The van der Waals surface area contributed by atoms with E-state index in [4.69, 9.17) is 16.3 Å². The molecule has 0 amide bonds. The summed E-state index contributed by atoms with van der Waals surface area (Å²) in [6.45, 7) is 4.46. The third kappa shape index (κ3) is 4.33. The molecule has 2 saturated heterocycles. The summed E-state index contributed by atoms with van der Waals surface area (Å²) in [5, 5.41) is 10.9. The molecule has 6 heteroatoms. The first-order valence-corrected chi connectivity index (χ1v) is 10.3. The van der Waals surface area contributed by atoms with E-state index >= 15 is 0 Å². The minimum Gasteiger partial charge on any atom is -0.488 e. The lowest BCUT2D eigenvalue weighted by atomic mass is 10.2. The summed E-state index contributed by atoms with van der Waals surface area (Å²) in [5.74, 6) is 0.363. The van der Waals surface area contributed by atoms with Crippen LogP contribution < -0.4 is 4.74 Å². The molecule has 2 fully saturated rings. The average Bonchev–Trinajstić information content (AvgIpc) is 3.32. The van der Waals surface area contributed by atoms with Gasteiger partial charge < -0.3 is 9.84 Å². The molecule has 0 spiro atoms. The van der Waals surface area contributed by atoms with Crippen molar-refractivity contribution in [2.45, 2.75) is 38.1 Å². The van der Waals surface area contributed by atoms with Crippen molar-refractivity contribution in [1.82, 2.24) is 9.80 Å². The molecule has 0 saturated carbocycles. The second-order valence-corrected chi connectivity index (χ2v) is 8.08. The van der Waals surface area contributed by atoms with Gasteiger partial charge in [0, 0.05) is 36.8 Å². The number of ether oxygens (including phenoxy) is 1. The first kappa shape index (κ1) is 19.6. The molecule has 2 aromatic carbocycles. The first-order valence-electron chi connectivity index (χ1n) is 9.90. The predicted octanol–water partition coefficient (Wildman–Crippen LogP) is 3.70. The Morgan fingerprint density at radius 1 is 1.07 bits per heavy atom. The molecule has 0 aliphatic carbocycles. The Hall–Kier alpha value is -1.66. The van der Waals surface area contributed by atoms with Crippen LogP contribution in [0.2, 0.25) is 5.02 Å². The van der Waals surface area contributed by atoms with Gasteiger partial charge in [-0.3, -0.25) is 9.80 Å². The van der Waals surface area contributed by atoms with E-state index in [0.717, 1.165) is 30.9 Å². The van der Waals surface area contributed by atoms with Crippen LogP contribution in [0.4, 0.5) is 4.39 Å². The van der Waals surface area contributed by atoms with Crippen molar-refractivity contribution < 1.29 is 14.2 Å². The molecular weight excluding hydrogens is 379 g/mol. The number of hydrogen-bond acceptors (Lipinski definition) is 4. The van der Waals surface area contributed by atoms with Crippen LogP contribution in [0.1, 0.15) is 24.0 Å². The largest absolute Gasteiger partial charge is 0.488 e. The van der Waals surface area contributed by atoms with Gasteiger partial charge in [-0.15, -0.1) is 0 Å². The van der Waals surface area contributed by atoms with Crippen molar-refractivity contribution in [2.24, 2.45) is 0 Å². The number of aliphatic hydroxyl groups is 1. The Morgan fingerprint density at radius 2 is 1.86 bits per heavy atom. The maximum absolute atomic E-state index is 14.0. The maximum atomic E-state index is 14.0. The van der Waals surface area contributed by atoms with Crippen LogP contribution in [0.25, 0.3) is 0 Å². The molecule has 2 atom stereocenters. The lowest BCUT2D eigenvalue weighted by Gasteiger charge is -2.25. The summed E-state index contributed by atoms with van der Waals surface area (Å²) < 4.78 is 19.9. The fourth-order valence-corrected chi connectivity index (χ4v) is 4.46. The summed E-state index contributed by atoms with van der Waals surface area (Å²) >= 11 is 6.11. The van der Waals surface area contributed by atoms with Crippen LogP contribution in [0.5, 0.6) is 5.75 Å². The lowest BCUT2D eigenvalue weighted by molar-refractivity contribution is 0.0978. The van der Waals surface area contributed by atoms with Crippen LogP contribution >= 0.6 is 11.6 Å². The zero-order valence-electron chi connectivity index (χ0n) is 15.9. The van der Waals surface area contributed by atoms with Crippen LogP contribution in [0.3, 0.4) is 0 Å². The van der Waals surface area contributed by atoms with E-state index in [9.17, 15) is 9.50 Å². The van der Waals surface area contributed by atoms with E-state index in [1.54, 1.807) is 12.1 Å². The standard InChI is InChI=1S/C22H26ClFN2O2/c23-18-7-5-8-19(24)17(18)15-28-22-9-2-1-6-16(22)12-25-13-20(21(27)14-25)26-10-3-4-11-26/h1-2,5-9,20-21,27H,3-4,10-15H2/t20-,21-/m0/s1. The van der Waals surface area contributed by atoms with Gasteiger partial charge in [0.05, 0.1) is 11.1 Å². The molecule has 2 heterocycles. The summed E-state index contributed by atoms with van der Waals surface area (Å²) in [7, 11) is 0. The number of likely N-dealkylation sites (tertiary alicyclic amines) is 2. The van der Waals surface area contributed by atoms with E-state index in [1.807, 2.05) is 24.3 Å². The second kappa shape index (κ2) is 8.78. The number of aliphatic hydroxyl groups excluding tert-OH is 1. The highest BCUT2D eigenvalue weighted by Crippen LogP contribution is 2.27. The second-order valence-electron chi connectivity index (χ2n) is 7.67. The summed E-state index contributed by atoms with van der Waals surface area (Å²) in [4.78, 5) is 4.68. The van der Waals surface area contributed by atoms with Gasteiger partial charge in [0.2, 0.25) is 0 Å². The molecule has 0 unspecified atom stereocenters. The molecular formula is C22H26ClFN2O2. The van der Waals surface area contributed by atoms with Gasteiger partial charge in [-0.25, -0.2) is 4.39 Å². The highest BCUT2D eigenvalue weighted by atomic mass is 35.5. The maximum Gasteiger partial charge on any atom is 0.131 e.